The predicted molar refractivity (Wildman–Crippen MR) is 63.7 cm³/mol. The summed E-state index contributed by atoms with van der Waals surface area (Å²) in [5.74, 6) is -0.684. The fourth-order valence-electron chi connectivity index (χ4n) is 1.41. The molecule has 1 rings (SSSR count). The van der Waals surface area contributed by atoms with Gasteiger partial charge in [0, 0.05) is 24.9 Å². The lowest BCUT2D eigenvalue weighted by atomic mass is 10.1. The van der Waals surface area contributed by atoms with Crippen molar-refractivity contribution in [3.63, 3.8) is 0 Å². The molecule has 0 N–H and O–H groups in total. The summed E-state index contributed by atoms with van der Waals surface area (Å²) in [5.41, 5.74) is 0.588. The SMILES string of the molecule is COC(=O)C=CN(C)C(C)c1ccccc1F. The van der Waals surface area contributed by atoms with Gasteiger partial charge < -0.3 is 9.64 Å². The van der Waals surface area contributed by atoms with E-state index in [4.69, 9.17) is 0 Å². The van der Waals surface area contributed by atoms with Gasteiger partial charge in [-0.15, -0.1) is 0 Å². The molecule has 0 heterocycles. The molecule has 3 nitrogen and oxygen atoms in total. The van der Waals surface area contributed by atoms with E-state index >= 15 is 0 Å². The Balaban J connectivity index is 2.77. The van der Waals surface area contributed by atoms with Crippen molar-refractivity contribution in [3.05, 3.63) is 47.9 Å². The first-order valence-electron chi connectivity index (χ1n) is 5.28. The van der Waals surface area contributed by atoms with E-state index in [9.17, 15) is 9.18 Å². The standard InChI is InChI=1S/C13H16FNO2/c1-10(11-6-4-5-7-12(11)14)15(2)9-8-13(16)17-3/h4-10H,1-3H3. The molecule has 0 bridgehead atoms. The lowest BCUT2D eigenvalue weighted by Gasteiger charge is -2.23. The predicted octanol–water partition coefficient (Wildman–Crippen LogP) is 2.51. The Hall–Kier alpha value is -1.84. The van der Waals surface area contributed by atoms with Crippen molar-refractivity contribution in [1.29, 1.82) is 0 Å². The first kappa shape index (κ1) is 13.2. The van der Waals surface area contributed by atoms with Crippen LogP contribution in [0.4, 0.5) is 4.39 Å². The minimum atomic E-state index is -0.433. The van der Waals surface area contributed by atoms with Crippen molar-refractivity contribution in [2.24, 2.45) is 0 Å². The fraction of sp³-hybridized carbons (Fsp3) is 0.308. The second kappa shape index (κ2) is 6.03. The molecule has 0 amide bonds. The third-order valence-corrected chi connectivity index (χ3v) is 2.61. The molecule has 4 heteroatoms. The van der Waals surface area contributed by atoms with Gasteiger partial charge in [-0.2, -0.15) is 0 Å². The van der Waals surface area contributed by atoms with Crippen LogP contribution in [0.25, 0.3) is 0 Å². The fourth-order valence-corrected chi connectivity index (χ4v) is 1.41. The molecule has 0 saturated carbocycles. The Bertz CT molecular complexity index is 418. The number of halogens is 1. The smallest absolute Gasteiger partial charge is 0.331 e. The largest absolute Gasteiger partial charge is 0.466 e. The highest BCUT2D eigenvalue weighted by Gasteiger charge is 2.12. The van der Waals surface area contributed by atoms with Crippen molar-refractivity contribution >= 4 is 5.97 Å². The first-order valence-corrected chi connectivity index (χ1v) is 5.28. The van der Waals surface area contributed by atoms with Gasteiger partial charge in [0.15, 0.2) is 0 Å². The second-order valence-electron chi connectivity index (χ2n) is 3.70. The summed E-state index contributed by atoms with van der Waals surface area (Å²) in [4.78, 5) is 12.7. The summed E-state index contributed by atoms with van der Waals surface area (Å²) in [6.07, 6.45) is 2.88. The van der Waals surface area contributed by atoms with E-state index in [-0.39, 0.29) is 11.9 Å². The number of esters is 1. The van der Waals surface area contributed by atoms with Crippen LogP contribution in [-0.2, 0) is 9.53 Å². The Morgan fingerprint density at radius 3 is 2.71 bits per heavy atom. The van der Waals surface area contributed by atoms with Crippen molar-refractivity contribution in [3.8, 4) is 0 Å². The Morgan fingerprint density at radius 2 is 2.12 bits per heavy atom. The molecule has 0 aliphatic rings. The minimum Gasteiger partial charge on any atom is -0.466 e. The van der Waals surface area contributed by atoms with Crippen LogP contribution in [0.3, 0.4) is 0 Å². The van der Waals surface area contributed by atoms with Crippen molar-refractivity contribution in [2.45, 2.75) is 13.0 Å². The van der Waals surface area contributed by atoms with E-state index in [2.05, 4.69) is 4.74 Å². The highest BCUT2D eigenvalue weighted by atomic mass is 19.1. The van der Waals surface area contributed by atoms with Gasteiger partial charge in [-0.1, -0.05) is 18.2 Å². The molecule has 0 radical (unpaired) electrons. The number of ether oxygens (including phenoxy) is 1. The number of hydrogen-bond acceptors (Lipinski definition) is 3. The lowest BCUT2D eigenvalue weighted by Crippen LogP contribution is -2.17. The quantitative estimate of drug-likeness (QED) is 0.595. The van der Waals surface area contributed by atoms with Crippen LogP contribution in [0, 0.1) is 5.82 Å². The van der Waals surface area contributed by atoms with Gasteiger partial charge >= 0.3 is 5.97 Å². The maximum Gasteiger partial charge on any atom is 0.331 e. The van der Waals surface area contributed by atoms with E-state index in [0.29, 0.717) is 5.56 Å². The molecule has 0 fully saturated rings. The van der Waals surface area contributed by atoms with E-state index in [1.807, 2.05) is 6.92 Å². The molecule has 17 heavy (non-hydrogen) atoms. The van der Waals surface area contributed by atoms with E-state index in [1.165, 1.54) is 19.3 Å². The molecule has 0 aliphatic heterocycles. The number of rotatable bonds is 4. The summed E-state index contributed by atoms with van der Waals surface area (Å²) < 4.78 is 18.0. The van der Waals surface area contributed by atoms with Crippen LogP contribution in [0.1, 0.15) is 18.5 Å². The van der Waals surface area contributed by atoms with Crippen LogP contribution >= 0.6 is 0 Å². The average Bonchev–Trinajstić information content (AvgIpc) is 2.35. The monoisotopic (exact) mass is 237 g/mol. The van der Waals surface area contributed by atoms with Gasteiger partial charge in [-0.05, 0) is 13.0 Å². The highest BCUT2D eigenvalue weighted by molar-refractivity contribution is 5.81. The second-order valence-corrected chi connectivity index (χ2v) is 3.70. The highest BCUT2D eigenvalue weighted by Crippen LogP contribution is 2.21. The lowest BCUT2D eigenvalue weighted by molar-refractivity contribution is -0.134. The molecule has 0 saturated heterocycles. The van der Waals surface area contributed by atoms with E-state index < -0.39 is 5.97 Å². The number of carbonyl (C=O) groups is 1. The summed E-state index contributed by atoms with van der Waals surface area (Å²) in [7, 11) is 3.09. The molecule has 1 aromatic rings. The number of carbonyl (C=O) groups excluding carboxylic acids is 1. The number of methoxy groups -OCH3 is 1. The maximum atomic E-state index is 13.5. The molecule has 92 valence electrons. The van der Waals surface area contributed by atoms with Crippen LogP contribution in [0.5, 0.6) is 0 Å². The van der Waals surface area contributed by atoms with Crippen molar-refractivity contribution in [2.75, 3.05) is 14.2 Å². The molecule has 0 spiro atoms. The maximum absolute atomic E-state index is 13.5. The third kappa shape index (κ3) is 3.59. The van der Waals surface area contributed by atoms with Gasteiger partial charge in [0.1, 0.15) is 5.82 Å². The molecule has 0 aliphatic carbocycles. The molecule has 0 aromatic heterocycles. The van der Waals surface area contributed by atoms with Crippen LogP contribution in [-0.4, -0.2) is 25.0 Å². The molecular formula is C13H16FNO2. The molecular weight excluding hydrogens is 221 g/mol. The van der Waals surface area contributed by atoms with E-state index in [1.54, 1.807) is 36.3 Å². The summed E-state index contributed by atoms with van der Waals surface area (Å²) in [6.45, 7) is 1.86. The van der Waals surface area contributed by atoms with Gasteiger partial charge in [0.2, 0.25) is 0 Å². The van der Waals surface area contributed by atoms with Gasteiger partial charge in [-0.3, -0.25) is 0 Å². The van der Waals surface area contributed by atoms with Gasteiger partial charge in [0.25, 0.3) is 0 Å². The summed E-state index contributed by atoms with van der Waals surface area (Å²) in [5, 5.41) is 0. The van der Waals surface area contributed by atoms with Gasteiger partial charge in [-0.25, -0.2) is 9.18 Å². The zero-order chi connectivity index (χ0) is 12.8. The zero-order valence-corrected chi connectivity index (χ0v) is 10.2. The summed E-state index contributed by atoms with van der Waals surface area (Å²) >= 11 is 0. The average molecular weight is 237 g/mol. The number of nitrogens with zero attached hydrogens (tertiary/aromatic N) is 1. The van der Waals surface area contributed by atoms with Crippen LogP contribution < -0.4 is 0 Å². The third-order valence-electron chi connectivity index (χ3n) is 2.61. The number of hydrogen-bond donors (Lipinski definition) is 0. The Morgan fingerprint density at radius 1 is 1.47 bits per heavy atom. The topological polar surface area (TPSA) is 29.5 Å². The minimum absolute atomic E-state index is 0.155. The Kier molecular flexibility index (Phi) is 4.69. The number of benzene rings is 1. The molecule has 1 aromatic carbocycles. The first-order chi connectivity index (χ1) is 8.06. The van der Waals surface area contributed by atoms with Crippen LogP contribution in [0.15, 0.2) is 36.5 Å². The normalized spacial score (nSPS) is 12.5. The molecule has 1 atom stereocenters. The van der Waals surface area contributed by atoms with Crippen molar-refractivity contribution < 1.29 is 13.9 Å². The summed E-state index contributed by atoms with van der Waals surface area (Å²) in [6, 6.07) is 6.42. The van der Waals surface area contributed by atoms with Gasteiger partial charge in [0.05, 0.1) is 13.2 Å². The Labute approximate surface area is 100 Å². The molecule has 1 unspecified atom stereocenters. The zero-order valence-electron chi connectivity index (χ0n) is 10.2. The van der Waals surface area contributed by atoms with Crippen LogP contribution in [0.2, 0.25) is 0 Å². The van der Waals surface area contributed by atoms with E-state index in [0.717, 1.165) is 0 Å². The van der Waals surface area contributed by atoms with Crippen molar-refractivity contribution in [1.82, 2.24) is 4.90 Å².